The minimum atomic E-state index is -6.09. The molecule has 0 aliphatic carbocycles. The number of amides is 7. The molecule has 0 atom stereocenters. The molecule has 0 saturated carbocycles. The molecule has 1 radical (unpaired) electrons. The van der Waals surface area contributed by atoms with Crippen LogP contribution in [0, 0.1) is 0 Å². The van der Waals surface area contributed by atoms with E-state index in [0.29, 0.717) is 32.6 Å². The maximum atomic E-state index is 13.0. The van der Waals surface area contributed by atoms with Crippen LogP contribution < -0.4 is 10.6 Å². The molecule has 2 aromatic rings. The van der Waals surface area contributed by atoms with Crippen LogP contribution in [0.25, 0.3) is 11.4 Å². The second-order valence-corrected chi connectivity index (χ2v) is 31.9. The number of rotatable bonds is 14. The first-order valence-corrected chi connectivity index (χ1v) is 36.7. The van der Waals surface area contributed by atoms with Gasteiger partial charge in [0, 0.05) is 70.5 Å². The Morgan fingerprint density at radius 3 is 0.841 bits per heavy atom. The van der Waals surface area contributed by atoms with Crippen LogP contribution in [0.3, 0.4) is 0 Å². The van der Waals surface area contributed by atoms with E-state index in [-0.39, 0.29) is 28.9 Å². The van der Waals surface area contributed by atoms with Gasteiger partial charge in [-0.1, -0.05) is 94.1 Å². The van der Waals surface area contributed by atoms with Gasteiger partial charge in [-0.2, -0.15) is 26.3 Å². The predicted octanol–water partition coefficient (Wildman–Crippen LogP) is 10.2. The molecule has 0 unspecified atom stereocenters. The summed E-state index contributed by atoms with van der Waals surface area (Å²) in [6.45, 7) is 0. The third kappa shape index (κ3) is 37.0. The molecule has 497 valence electrons. The summed E-state index contributed by atoms with van der Waals surface area (Å²) < 4.78 is 128. The van der Waals surface area contributed by atoms with E-state index in [1.807, 2.05) is 35.1 Å². The van der Waals surface area contributed by atoms with Crippen molar-refractivity contribution in [3.63, 3.8) is 0 Å². The first-order chi connectivity index (χ1) is 40.2. The number of hydrogen-bond acceptors (Lipinski definition) is 27. The Bertz CT molecular complexity index is 2770. The number of nitrogens with one attached hydrogen (secondary N) is 2. The topological polar surface area (TPSA) is 300 Å². The molecule has 2 aromatic heterocycles. The van der Waals surface area contributed by atoms with Crippen molar-refractivity contribution < 1.29 is 103 Å². The van der Waals surface area contributed by atoms with E-state index in [2.05, 4.69) is 45.6 Å². The van der Waals surface area contributed by atoms with E-state index in [1.165, 1.54) is 73.4 Å². The standard InChI is InChI=1S/C28H22N4O2S12.5C3H7NO.2CHF3O3S.Cu/c1-35-21-22(36-2)44-27(43-21)25-39-11-17(41-25)19(33)31-13-5-7-15(29-9-13)16-8-6-14(10-30-16)32-20(34)18-12-40-26(42-18)28-45-23(37-3)24(38-4)46-28;5*1-4(2)3-5;2*2-1(3,4)8(5,6)7;/h5-12H,1-4H3,(H,31,33)(H,32,34);5*3H,1-2H3;2*(H,5,6,7);/q;;;;;;;;+2/p-2. The molecular weight excluding hydrogens is 1500 g/mol. The van der Waals surface area contributed by atoms with Crippen LogP contribution in [-0.2, 0) is 70.9 Å². The van der Waals surface area contributed by atoms with Gasteiger partial charge in [0.1, 0.15) is 0 Å². The second kappa shape index (κ2) is 45.4. The Kier molecular flexibility index (Phi) is 46.1. The van der Waals surface area contributed by atoms with Crippen LogP contribution in [0.15, 0.2) is 91.2 Å². The van der Waals surface area contributed by atoms with Gasteiger partial charge in [-0.25, -0.2) is 16.8 Å². The van der Waals surface area contributed by atoms with Gasteiger partial charge in [0.05, 0.1) is 78.9 Å². The first kappa shape index (κ1) is 89.3. The van der Waals surface area contributed by atoms with E-state index in [9.17, 15) is 59.9 Å². The molecule has 0 spiro atoms. The van der Waals surface area contributed by atoms with E-state index in [4.69, 9.17) is 25.9 Å². The zero-order chi connectivity index (χ0) is 67.6. The fourth-order valence-corrected chi connectivity index (χ4v) is 18.7. The molecule has 4 aliphatic heterocycles. The summed E-state index contributed by atoms with van der Waals surface area (Å²) in [6.07, 6.45) is 15.4. The van der Waals surface area contributed by atoms with Crippen molar-refractivity contribution in [1.29, 1.82) is 0 Å². The fourth-order valence-electron chi connectivity index (χ4n) is 3.73. The molecule has 43 heteroatoms. The Morgan fingerprint density at radius 2 is 0.682 bits per heavy atom. The molecule has 22 nitrogen and oxygen atoms in total. The van der Waals surface area contributed by atoms with Crippen molar-refractivity contribution in [1.82, 2.24) is 34.5 Å². The molecule has 2 N–H and O–H groups in total. The summed E-state index contributed by atoms with van der Waals surface area (Å²) in [6, 6.07) is 7.29. The van der Waals surface area contributed by atoms with Crippen molar-refractivity contribution in [3.8, 4) is 11.4 Å². The monoisotopic (exact) mass is 1560 g/mol. The van der Waals surface area contributed by atoms with Crippen molar-refractivity contribution in [2.75, 3.05) is 106 Å². The zero-order valence-electron chi connectivity index (χ0n) is 48.2. The van der Waals surface area contributed by atoms with E-state index >= 15 is 0 Å². The van der Waals surface area contributed by atoms with Gasteiger partial charge in [0.2, 0.25) is 32.1 Å². The Hall–Kier alpha value is -2.85. The third-order valence-corrected chi connectivity index (χ3v) is 24.8. The van der Waals surface area contributed by atoms with Gasteiger partial charge in [-0.3, -0.25) is 43.5 Å². The molecule has 0 aromatic carbocycles. The number of hydrogen-bond donors (Lipinski definition) is 2. The zero-order valence-corrected chi connectivity index (χ0v) is 60.6. The summed E-state index contributed by atoms with van der Waals surface area (Å²) in [5.41, 5.74) is -8.73. The van der Waals surface area contributed by atoms with Crippen molar-refractivity contribution in [3.05, 3.63) is 91.2 Å². The van der Waals surface area contributed by atoms with Crippen LogP contribution in [0.2, 0.25) is 0 Å². The maximum Gasteiger partial charge on any atom is 2.00 e. The molecule has 0 saturated heterocycles. The summed E-state index contributed by atoms with van der Waals surface area (Å²) in [4.78, 5) is 90.7. The van der Waals surface area contributed by atoms with Crippen LogP contribution >= 0.6 is 141 Å². The Balaban J connectivity index is -0.00000139. The number of carbonyl (C=O) groups is 7. The van der Waals surface area contributed by atoms with Gasteiger partial charge >= 0.3 is 28.1 Å². The molecule has 4 aliphatic rings. The summed E-state index contributed by atoms with van der Waals surface area (Å²) in [5, 5.41) is 9.74. The predicted molar refractivity (Wildman–Crippen MR) is 354 cm³/mol. The molecule has 6 heterocycles. The number of thioether (sulfide) groups is 12. The number of alkyl halides is 6. The van der Waals surface area contributed by atoms with Crippen molar-refractivity contribution in [2.24, 2.45) is 0 Å². The quantitative estimate of drug-likeness (QED) is 0.0584. The number of anilines is 2. The number of pyridine rings is 2. The third-order valence-electron chi connectivity index (χ3n) is 7.47. The average molecular weight is 1560 g/mol. The summed E-state index contributed by atoms with van der Waals surface area (Å²) in [7, 11) is 4.69. The smallest absolute Gasteiger partial charge is 0.741 e. The molecule has 88 heavy (non-hydrogen) atoms. The van der Waals surface area contributed by atoms with Crippen LogP contribution in [0.1, 0.15) is 0 Å². The molecule has 0 fully saturated rings. The minimum Gasteiger partial charge on any atom is -0.741 e. The number of aromatic nitrogens is 2. The number of nitrogens with zero attached hydrogens (tertiary/aromatic N) is 7. The van der Waals surface area contributed by atoms with E-state index < -0.39 is 31.3 Å². The average Bonchev–Trinajstić information content (AvgIpc) is 2.50. The fraction of sp³-hybridized carbons (Fsp3) is 0.356. The summed E-state index contributed by atoms with van der Waals surface area (Å²) >= 11 is 20.4. The second-order valence-electron chi connectivity index (χ2n) is 15.8. The van der Waals surface area contributed by atoms with Crippen molar-refractivity contribution in [2.45, 2.75) is 11.0 Å². The molecular formula is C45H57CuF6N9O13S14. The SMILES string of the molecule is CN(C)C=O.CN(C)C=O.CN(C)C=O.CN(C)C=O.CN(C)C=O.CSC1=C(SC)SC(=C2SC=C(C(=O)Nc3ccc(-c4ccc(NC(=O)C5=CSC(=C6SC(SC)=C(SC)S6)S5)cn4)nc3)S2)S1.O=S(=O)([O-])C(F)(F)F.O=S(=O)([O-])C(F)(F)F.[Cu+2]. The summed E-state index contributed by atoms with van der Waals surface area (Å²) in [5.74, 6) is -0.304. The van der Waals surface area contributed by atoms with E-state index in [0.717, 1.165) is 40.5 Å². The number of carbonyl (C=O) groups excluding carboxylic acids is 7. The van der Waals surface area contributed by atoms with E-state index in [1.54, 1.807) is 200 Å². The molecule has 6 rings (SSSR count). The van der Waals surface area contributed by atoms with Gasteiger partial charge in [0.15, 0.2) is 20.2 Å². The molecule has 0 bridgehead atoms. The van der Waals surface area contributed by atoms with Crippen LogP contribution in [0.4, 0.5) is 37.7 Å². The Labute approximate surface area is 568 Å². The van der Waals surface area contributed by atoms with Crippen molar-refractivity contribution >= 4 is 217 Å². The normalized spacial score (nSPS) is 14.0. The van der Waals surface area contributed by atoms with Crippen LogP contribution in [-0.4, -0.2) is 211 Å². The maximum absolute atomic E-state index is 13.0. The molecule has 7 amide bonds. The largest absolute Gasteiger partial charge is 2.00 e. The minimum absolute atomic E-state index is 0. The van der Waals surface area contributed by atoms with Gasteiger partial charge in [-0.15, -0.1) is 47.0 Å². The van der Waals surface area contributed by atoms with Gasteiger partial charge < -0.3 is 44.2 Å². The number of halogens is 6. The van der Waals surface area contributed by atoms with Crippen LogP contribution in [0.5, 0.6) is 0 Å². The van der Waals surface area contributed by atoms with Gasteiger partial charge in [0.25, 0.3) is 11.8 Å². The van der Waals surface area contributed by atoms with Gasteiger partial charge in [-0.05, 0) is 60.1 Å². The Morgan fingerprint density at radius 1 is 0.466 bits per heavy atom. The first-order valence-electron chi connectivity index (χ1n) is 22.4.